The Balaban J connectivity index is 1.46. The molecule has 3 aromatic rings. The van der Waals surface area contributed by atoms with E-state index in [-0.39, 0.29) is 36.9 Å². The molecule has 2 aromatic carbocycles. The van der Waals surface area contributed by atoms with Gasteiger partial charge in [0.05, 0.1) is 23.5 Å². The maximum atomic E-state index is 13.0. The highest BCUT2D eigenvalue weighted by Crippen LogP contribution is 2.27. The predicted molar refractivity (Wildman–Crippen MR) is 133 cm³/mol. The first kappa shape index (κ1) is 25.5. The number of aryl methyl sites for hydroxylation is 1. The van der Waals surface area contributed by atoms with Crippen LogP contribution in [-0.2, 0) is 26.2 Å². The number of nitrogens with one attached hydrogen (secondary N) is 2. The lowest BCUT2D eigenvalue weighted by molar-refractivity contribution is -0.145. The Kier molecular flexibility index (Phi) is 7.25. The molecule has 4 rings (SSSR count). The van der Waals surface area contributed by atoms with E-state index in [1.165, 1.54) is 34.6 Å². The van der Waals surface area contributed by atoms with Gasteiger partial charge < -0.3 is 20.3 Å². The molecule has 0 saturated carbocycles. The molecule has 2 N–H and O–H groups in total. The first-order valence-corrected chi connectivity index (χ1v) is 13.0. The van der Waals surface area contributed by atoms with Crippen molar-refractivity contribution in [1.82, 2.24) is 20.1 Å². The van der Waals surface area contributed by atoms with E-state index in [4.69, 9.17) is 4.74 Å². The molecule has 0 bridgehead atoms. The maximum Gasteiger partial charge on any atom is 0.241 e. The monoisotopic (exact) mass is 511 g/mol. The Bertz CT molecular complexity index is 1390. The molecule has 2 amide bonds. The van der Waals surface area contributed by atoms with Gasteiger partial charge in [-0.05, 0) is 49.7 Å². The van der Waals surface area contributed by atoms with E-state index in [1.807, 2.05) is 44.2 Å². The summed E-state index contributed by atoms with van der Waals surface area (Å²) in [6.07, 6.45) is 0.894. The minimum Gasteiger partial charge on any atom is -0.759 e. The van der Waals surface area contributed by atoms with Crippen molar-refractivity contribution >= 4 is 32.7 Å². The minimum absolute atomic E-state index is 0.100. The van der Waals surface area contributed by atoms with Crippen LogP contribution in [0.1, 0.15) is 31.0 Å². The summed E-state index contributed by atoms with van der Waals surface area (Å²) in [5, 5.41) is 12.0. The zero-order chi connectivity index (χ0) is 25.9. The highest BCUT2D eigenvalue weighted by molar-refractivity contribution is 7.89. The van der Waals surface area contributed by atoms with E-state index >= 15 is 0 Å². The summed E-state index contributed by atoms with van der Waals surface area (Å²) in [4.78, 5) is 30.1. The number of amides is 2. The Morgan fingerprint density at radius 2 is 1.83 bits per heavy atom. The first-order chi connectivity index (χ1) is 17.2. The molecule has 0 atom stereocenters. The van der Waals surface area contributed by atoms with Crippen LogP contribution in [-0.4, -0.2) is 48.7 Å². The van der Waals surface area contributed by atoms with E-state index in [0.717, 1.165) is 22.2 Å². The van der Waals surface area contributed by atoms with Crippen LogP contribution in [0.3, 0.4) is 0 Å². The Morgan fingerprint density at radius 1 is 1.14 bits per heavy atom. The van der Waals surface area contributed by atoms with Crippen molar-refractivity contribution in [3.8, 4) is 5.75 Å². The fourth-order valence-corrected chi connectivity index (χ4v) is 5.56. The van der Waals surface area contributed by atoms with Gasteiger partial charge in [-0.3, -0.25) is 14.6 Å². The van der Waals surface area contributed by atoms with Gasteiger partial charge in [-0.15, -0.1) is 0 Å². The van der Waals surface area contributed by atoms with Crippen molar-refractivity contribution in [2.24, 2.45) is 0 Å². The third kappa shape index (κ3) is 5.18. The fraction of sp³-hybridized carbons (Fsp3) is 0.320. The van der Waals surface area contributed by atoms with Gasteiger partial charge in [0.15, 0.2) is 0 Å². The van der Waals surface area contributed by atoms with E-state index < -0.39 is 21.5 Å². The number of ether oxygens (including phenoxy) is 1. The van der Waals surface area contributed by atoms with Crippen molar-refractivity contribution in [2.45, 2.75) is 43.7 Å². The van der Waals surface area contributed by atoms with Crippen molar-refractivity contribution in [2.75, 3.05) is 13.1 Å². The molecular formula is C25H27N4O6S-. The topological polar surface area (TPSA) is 141 Å². The number of fused-ring (bicyclic) bond motifs is 1. The van der Waals surface area contributed by atoms with Crippen LogP contribution in [0.15, 0.2) is 59.5 Å². The number of carbonyl (C=O) groups excluding carboxylic acids is 2. The first-order valence-electron chi connectivity index (χ1n) is 11.5. The Labute approximate surface area is 209 Å². The number of carbonyl (C=O) groups is 2. The third-order valence-corrected chi connectivity index (χ3v) is 7.61. The molecule has 11 heteroatoms. The van der Waals surface area contributed by atoms with Gasteiger partial charge in [-0.25, -0.2) is 8.42 Å². The van der Waals surface area contributed by atoms with E-state index in [9.17, 15) is 23.2 Å². The normalized spacial score (nSPS) is 14.8. The van der Waals surface area contributed by atoms with Gasteiger partial charge in [-0.1, -0.05) is 25.1 Å². The zero-order valence-electron chi connectivity index (χ0n) is 20.0. The summed E-state index contributed by atoms with van der Waals surface area (Å²) in [5.74, 6) is -0.782. The Morgan fingerprint density at radius 3 is 2.50 bits per heavy atom. The number of sulfonamides is 1. The van der Waals surface area contributed by atoms with Gasteiger partial charge in [0.1, 0.15) is 17.9 Å². The average Bonchev–Trinajstić information content (AvgIpc) is 2.84. The quantitative estimate of drug-likeness (QED) is 0.420. The number of rotatable bonds is 9. The van der Waals surface area contributed by atoms with Crippen LogP contribution < -0.4 is 14.9 Å². The van der Waals surface area contributed by atoms with Gasteiger partial charge >= 0.3 is 0 Å². The van der Waals surface area contributed by atoms with Crippen LogP contribution in [0.4, 0.5) is 0 Å². The molecule has 1 aliphatic rings. The number of hydrogen-bond donors (Lipinski definition) is 2. The van der Waals surface area contributed by atoms with Gasteiger partial charge in [0.2, 0.25) is 21.8 Å². The lowest BCUT2D eigenvalue weighted by Crippen LogP contribution is -2.76. The molecule has 0 spiro atoms. The second-order valence-electron chi connectivity index (χ2n) is 8.82. The van der Waals surface area contributed by atoms with E-state index in [2.05, 4.69) is 9.71 Å². The fourth-order valence-electron chi connectivity index (χ4n) is 4.21. The zero-order valence-corrected chi connectivity index (χ0v) is 20.8. The smallest absolute Gasteiger partial charge is 0.241 e. The largest absolute Gasteiger partial charge is 0.759 e. The molecule has 1 aromatic heterocycles. The van der Waals surface area contributed by atoms with Crippen molar-refractivity contribution in [1.29, 1.82) is 0 Å². The minimum atomic E-state index is -4.17. The lowest BCUT2D eigenvalue weighted by atomic mass is 9.90. The molecule has 1 aliphatic heterocycles. The van der Waals surface area contributed by atoms with Gasteiger partial charge in [0, 0.05) is 23.1 Å². The molecule has 10 nitrogen and oxygen atoms in total. The summed E-state index contributed by atoms with van der Waals surface area (Å²) in [6.45, 7) is 3.59. The average molecular weight is 512 g/mol. The number of pyridine rings is 1. The number of hydroxylamine groups is 1. The standard InChI is InChI=1S/C25H27N4O6S/c1-3-6-23(30)29-15-25(16-29,24(31)27-32)28-36(33,34)20-11-9-19(10-12-20)35-14-18-13-17(2)26-22-8-5-4-7-21(18)22/h4-5,7-13,28H,3,6,14-16H2,1-2H3,(H-,27,31,32)/q-1. The molecule has 36 heavy (non-hydrogen) atoms. The van der Waals surface area contributed by atoms with E-state index in [1.54, 1.807) is 0 Å². The van der Waals surface area contributed by atoms with Crippen molar-refractivity contribution in [3.63, 3.8) is 0 Å². The highest BCUT2D eigenvalue weighted by atomic mass is 32.2. The summed E-state index contributed by atoms with van der Waals surface area (Å²) < 4.78 is 34.2. The summed E-state index contributed by atoms with van der Waals surface area (Å²) in [6, 6.07) is 15.4. The van der Waals surface area contributed by atoms with E-state index in [0.29, 0.717) is 12.2 Å². The van der Waals surface area contributed by atoms with Crippen LogP contribution in [0.2, 0.25) is 0 Å². The molecule has 190 valence electrons. The summed E-state index contributed by atoms with van der Waals surface area (Å²) in [7, 11) is -4.17. The van der Waals surface area contributed by atoms with Crippen molar-refractivity contribution < 1.29 is 22.7 Å². The second kappa shape index (κ2) is 10.2. The number of hydrogen-bond acceptors (Lipinski definition) is 7. The van der Waals surface area contributed by atoms with Crippen molar-refractivity contribution in [3.05, 3.63) is 71.1 Å². The third-order valence-electron chi connectivity index (χ3n) is 6.05. The number of para-hydroxylation sites is 1. The van der Waals surface area contributed by atoms with Crippen LogP contribution in [0, 0.1) is 12.1 Å². The molecule has 0 aliphatic carbocycles. The molecule has 0 radical (unpaired) electrons. The molecule has 0 unspecified atom stereocenters. The van der Waals surface area contributed by atoms with Crippen LogP contribution >= 0.6 is 0 Å². The number of aromatic nitrogens is 1. The summed E-state index contributed by atoms with van der Waals surface area (Å²) in [5.41, 5.74) is 2.23. The highest BCUT2D eigenvalue weighted by Gasteiger charge is 2.52. The predicted octanol–water partition coefficient (Wildman–Crippen LogP) is 2.40. The van der Waals surface area contributed by atoms with Gasteiger partial charge in [0.25, 0.3) is 0 Å². The van der Waals surface area contributed by atoms with Gasteiger partial charge in [-0.2, -0.15) is 4.72 Å². The number of benzene rings is 2. The number of nitrogens with zero attached hydrogens (tertiary/aromatic N) is 2. The summed E-state index contributed by atoms with van der Waals surface area (Å²) >= 11 is 0. The molecule has 1 saturated heterocycles. The Hall–Kier alpha value is -3.54. The maximum absolute atomic E-state index is 13.0. The molecular weight excluding hydrogens is 484 g/mol. The SMILES string of the molecule is CCCC(=O)N1CC(NS(=O)(=O)c2ccc(OCc3cc(C)nc4ccccc34)cc2)(C(=O)N[O-])C1. The molecule has 2 heterocycles. The molecule has 1 fully saturated rings. The second-order valence-corrected chi connectivity index (χ2v) is 10.5. The van der Waals surface area contributed by atoms with Crippen LogP contribution in [0.5, 0.6) is 5.75 Å². The lowest BCUT2D eigenvalue weighted by Gasteiger charge is -2.49. The van der Waals surface area contributed by atoms with Crippen LogP contribution in [0.25, 0.3) is 10.9 Å². The number of likely N-dealkylation sites (tertiary alicyclic amines) is 1.